The largest absolute Gasteiger partial charge is 0.490 e. The molecular weight excluding hydrogens is 238 g/mol. The second-order valence-corrected chi connectivity index (χ2v) is 4.87. The van der Waals surface area contributed by atoms with Crippen LogP contribution in [0.2, 0.25) is 0 Å². The Morgan fingerprint density at radius 2 is 2.06 bits per heavy atom. The Hall–Kier alpha value is -1.77. The van der Waals surface area contributed by atoms with E-state index >= 15 is 0 Å². The molecule has 1 rings (SSSR count). The van der Waals surface area contributed by atoms with Gasteiger partial charge in [0, 0.05) is 0 Å². The number of ether oxygens (including phenoxy) is 1. The van der Waals surface area contributed by atoms with Gasteiger partial charge in [0.2, 0.25) is 10.0 Å². The molecule has 5 heteroatoms. The maximum absolute atomic E-state index is 11.7. The molecule has 0 saturated carbocycles. The van der Waals surface area contributed by atoms with Crippen LogP contribution in [0.3, 0.4) is 0 Å². The molecule has 0 heterocycles. The van der Waals surface area contributed by atoms with Crippen molar-refractivity contribution >= 4 is 10.0 Å². The van der Waals surface area contributed by atoms with Crippen molar-refractivity contribution in [3.05, 3.63) is 36.9 Å². The van der Waals surface area contributed by atoms with E-state index in [1.165, 1.54) is 12.1 Å². The van der Waals surface area contributed by atoms with E-state index in [2.05, 4.69) is 17.2 Å². The average molecular weight is 251 g/mol. The van der Waals surface area contributed by atoms with Gasteiger partial charge < -0.3 is 4.74 Å². The van der Waals surface area contributed by atoms with E-state index in [4.69, 9.17) is 11.2 Å². The lowest BCUT2D eigenvalue weighted by Gasteiger charge is -2.06. The minimum atomic E-state index is -3.53. The van der Waals surface area contributed by atoms with Crippen LogP contribution in [-0.4, -0.2) is 21.6 Å². The van der Waals surface area contributed by atoms with Crippen LogP contribution in [0.1, 0.15) is 0 Å². The highest BCUT2D eigenvalue weighted by molar-refractivity contribution is 7.89. The van der Waals surface area contributed by atoms with E-state index < -0.39 is 10.0 Å². The molecule has 0 atom stereocenters. The minimum Gasteiger partial charge on any atom is -0.490 e. The molecule has 0 aliphatic rings. The maximum Gasteiger partial charge on any atom is 0.241 e. The lowest BCUT2D eigenvalue weighted by Crippen LogP contribution is -2.23. The fourth-order valence-corrected chi connectivity index (χ4v) is 2.02. The monoisotopic (exact) mass is 251 g/mol. The summed E-state index contributed by atoms with van der Waals surface area (Å²) in [5, 5.41) is 0. The molecule has 1 N–H and O–H groups in total. The SMILES string of the molecule is C#CCNS(=O)(=O)c1ccc(OCC=C)cc1. The van der Waals surface area contributed by atoms with E-state index in [9.17, 15) is 8.42 Å². The lowest BCUT2D eigenvalue weighted by atomic mass is 10.3. The molecule has 17 heavy (non-hydrogen) atoms. The van der Waals surface area contributed by atoms with E-state index in [1.54, 1.807) is 18.2 Å². The van der Waals surface area contributed by atoms with Gasteiger partial charge in [0.1, 0.15) is 12.4 Å². The smallest absolute Gasteiger partial charge is 0.241 e. The highest BCUT2D eigenvalue weighted by atomic mass is 32.2. The number of hydrogen-bond acceptors (Lipinski definition) is 3. The number of benzene rings is 1. The third-order valence-electron chi connectivity index (χ3n) is 1.87. The molecule has 0 bridgehead atoms. The number of sulfonamides is 1. The Bertz CT molecular complexity index is 512. The van der Waals surface area contributed by atoms with Crippen LogP contribution in [0.5, 0.6) is 5.75 Å². The van der Waals surface area contributed by atoms with Crippen molar-refractivity contribution in [1.29, 1.82) is 0 Å². The molecular formula is C12H13NO3S. The van der Waals surface area contributed by atoms with E-state index in [-0.39, 0.29) is 11.4 Å². The zero-order chi connectivity index (χ0) is 12.7. The van der Waals surface area contributed by atoms with Crippen molar-refractivity contribution in [3.8, 4) is 18.1 Å². The summed E-state index contributed by atoms with van der Waals surface area (Å²) in [4.78, 5) is 0.152. The molecule has 0 aromatic heterocycles. The van der Waals surface area contributed by atoms with Gasteiger partial charge in [-0.1, -0.05) is 18.6 Å². The lowest BCUT2D eigenvalue weighted by molar-refractivity contribution is 0.363. The van der Waals surface area contributed by atoms with E-state index in [1.807, 2.05) is 0 Å². The molecule has 0 unspecified atom stereocenters. The number of rotatable bonds is 6. The summed E-state index contributed by atoms with van der Waals surface area (Å²) in [6.45, 7) is 3.86. The third-order valence-corrected chi connectivity index (χ3v) is 3.28. The van der Waals surface area contributed by atoms with E-state index in [0.29, 0.717) is 12.4 Å². The van der Waals surface area contributed by atoms with Crippen molar-refractivity contribution in [2.45, 2.75) is 4.90 Å². The van der Waals surface area contributed by atoms with Crippen LogP contribution >= 0.6 is 0 Å². The Kier molecular flexibility index (Phi) is 4.76. The second-order valence-electron chi connectivity index (χ2n) is 3.10. The summed E-state index contributed by atoms with van der Waals surface area (Å²) in [7, 11) is -3.53. The zero-order valence-electron chi connectivity index (χ0n) is 9.22. The van der Waals surface area contributed by atoms with Crippen LogP contribution < -0.4 is 9.46 Å². The summed E-state index contributed by atoms with van der Waals surface area (Å²) in [5.74, 6) is 2.79. The van der Waals surface area contributed by atoms with Crippen molar-refractivity contribution in [2.24, 2.45) is 0 Å². The Morgan fingerprint density at radius 3 is 2.59 bits per heavy atom. The molecule has 0 spiro atoms. The van der Waals surface area contributed by atoms with Gasteiger partial charge in [0.25, 0.3) is 0 Å². The molecule has 0 amide bonds. The summed E-state index contributed by atoms with van der Waals surface area (Å²) >= 11 is 0. The first-order valence-electron chi connectivity index (χ1n) is 4.87. The quantitative estimate of drug-likeness (QED) is 0.610. The molecule has 1 aromatic rings. The zero-order valence-corrected chi connectivity index (χ0v) is 10.0. The predicted molar refractivity (Wildman–Crippen MR) is 66.2 cm³/mol. The van der Waals surface area contributed by atoms with Gasteiger partial charge in [-0.25, -0.2) is 8.42 Å². The van der Waals surface area contributed by atoms with Crippen LogP contribution in [0, 0.1) is 12.3 Å². The van der Waals surface area contributed by atoms with Crippen LogP contribution in [-0.2, 0) is 10.0 Å². The molecule has 1 aromatic carbocycles. The third kappa shape index (κ3) is 3.94. The number of terminal acetylenes is 1. The van der Waals surface area contributed by atoms with E-state index in [0.717, 1.165) is 0 Å². The fraction of sp³-hybridized carbons (Fsp3) is 0.167. The molecule has 4 nitrogen and oxygen atoms in total. The molecule has 0 saturated heterocycles. The molecule has 0 aliphatic carbocycles. The molecule has 90 valence electrons. The van der Waals surface area contributed by atoms with Gasteiger partial charge in [-0.3, -0.25) is 0 Å². The van der Waals surface area contributed by atoms with Crippen molar-refractivity contribution < 1.29 is 13.2 Å². The Balaban J connectivity index is 2.80. The highest BCUT2D eigenvalue weighted by Gasteiger charge is 2.12. The topological polar surface area (TPSA) is 55.4 Å². The first-order chi connectivity index (χ1) is 8.10. The summed E-state index contributed by atoms with van der Waals surface area (Å²) in [6.07, 6.45) is 6.60. The maximum atomic E-state index is 11.7. The van der Waals surface area contributed by atoms with Gasteiger partial charge in [-0.15, -0.1) is 6.42 Å². The van der Waals surface area contributed by atoms with Crippen LogP contribution in [0.15, 0.2) is 41.8 Å². The standard InChI is InChI=1S/C12H13NO3S/c1-3-9-13-17(14,15)12-7-5-11(6-8-12)16-10-4-2/h1,4-8,13H,2,9-10H2. The molecule has 0 radical (unpaired) electrons. The van der Waals surface area contributed by atoms with Crippen molar-refractivity contribution in [3.63, 3.8) is 0 Å². The Labute approximate surface area is 101 Å². The Morgan fingerprint density at radius 1 is 1.41 bits per heavy atom. The predicted octanol–water partition coefficient (Wildman–Crippen LogP) is 1.16. The van der Waals surface area contributed by atoms with Crippen molar-refractivity contribution in [2.75, 3.05) is 13.2 Å². The van der Waals surface area contributed by atoms with Gasteiger partial charge in [-0.05, 0) is 24.3 Å². The van der Waals surface area contributed by atoms with Crippen LogP contribution in [0.4, 0.5) is 0 Å². The summed E-state index contributed by atoms with van der Waals surface area (Å²) < 4.78 is 30.8. The fourth-order valence-electron chi connectivity index (χ4n) is 1.09. The van der Waals surface area contributed by atoms with Gasteiger partial charge in [0.15, 0.2) is 0 Å². The van der Waals surface area contributed by atoms with Gasteiger partial charge >= 0.3 is 0 Å². The summed E-state index contributed by atoms with van der Waals surface area (Å²) in [5.41, 5.74) is 0. The van der Waals surface area contributed by atoms with Gasteiger partial charge in [0.05, 0.1) is 11.4 Å². The number of hydrogen-bond donors (Lipinski definition) is 1. The minimum absolute atomic E-state index is 0.0307. The first kappa shape index (κ1) is 13.3. The number of nitrogens with one attached hydrogen (secondary N) is 1. The summed E-state index contributed by atoms with van der Waals surface area (Å²) in [6, 6.07) is 6.07. The second kappa shape index (κ2) is 6.09. The first-order valence-corrected chi connectivity index (χ1v) is 6.35. The molecule has 0 fully saturated rings. The molecule has 0 aliphatic heterocycles. The highest BCUT2D eigenvalue weighted by Crippen LogP contribution is 2.15. The van der Waals surface area contributed by atoms with Crippen molar-refractivity contribution in [1.82, 2.24) is 4.72 Å². The van der Waals surface area contributed by atoms with Gasteiger partial charge in [-0.2, -0.15) is 4.72 Å². The average Bonchev–Trinajstić information content (AvgIpc) is 2.34. The normalized spacial score (nSPS) is 10.5. The van der Waals surface area contributed by atoms with Crippen LogP contribution in [0.25, 0.3) is 0 Å².